The molecule has 4 bridgehead atoms. The van der Waals surface area contributed by atoms with Gasteiger partial charge in [-0.3, -0.25) is 38.3 Å². The van der Waals surface area contributed by atoms with Crippen LogP contribution in [0, 0.1) is 25.2 Å². The molecular weight excluding hydrogens is 665 g/mol. The van der Waals surface area contributed by atoms with E-state index < -0.39 is 78.8 Å². The average Bonchev–Trinajstić information content (AvgIpc) is 3.32. The zero-order valence-corrected chi connectivity index (χ0v) is 28.6. The van der Waals surface area contributed by atoms with Gasteiger partial charge in [0, 0.05) is 30.2 Å². The van der Waals surface area contributed by atoms with E-state index >= 15 is 0 Å². The molecule has 49 heavy (non-hydrogen) atoms. The largest absolute Gasteiger partial charge is 0.388 e. The minimum absolute atomic E-state index is 0.0503. The number of aliphatic hydroxyl groups is 1. The first kappa shape index (κ1) is 36.3. The number of carbonyl (C=O) groups excluding carboxylic acids is 2. The minimum Gasteiger partial charge on any atom is -0.388 e. The Bertz CT molecular complexity index is 1880. The van der Waals surface area contributed by atoms with E-state index in [4.69, 9.17) is 23.8 Å². The minimum atomic E-state index is -1.31. The van der Waals surface area contributed by atoms with E-state index in [9.17, 15) is 33.9 Å². The van der Waals surface area contributed by atoms with E-state index in [1.54, 1.807) is 20.5 Å². The number of aromatic amines is 2. The van der Waals surface area contributed by atoms with Gasteiger partial charge in [-0.1, -0.05) is 13.8 Å². The summed E-state index contributed by atoms with van der Waals surface area (Å²) in [5, 5.41) is 24.6. The second kappa shape index (κ2) is 14.1. The number of H-pyrrole nitrogens is 2. The van der Waals surface area contributed by atoms with E-state index in [0.717, 1.165) is 0 Å². The molecule has 0 saturated carbocycles. The first-order valence-electron chi connectivity index (χ1n) is 15.9. The Hall–Kier alpha value is -3.98. The number of rotatable bonds is 9. The lowest BCUT2D eigenvalue weighted by molar-refractivity contribution is -0.140. The van der Waals surface area contributed by atoms with Gasteiger partial charge >= 0.3 is 11.4 Å². The second-order valence-electron chi connectivity index (χ2n) is 12.5. The number of amides is 2. The van der Waals surface area contributed by atoms with Gasteiger partial charge in [-0.25, -0.2) is 9.59 Å². The number of aromatic nitrogens is 4. The highest BCUT2D eigenvalue weighted by molar-refractivity contribution is 7.46. The second-order valence-corrected chi connectivity index (χ2v) is 13.9. The molecular formula is C30H40N7O11P. The van der Waals surface area contributed by atoms with E-state index in [1.807, 2.05) is 19.9 Å². The topological polar surface area (TPSA) is 249 Å². The van der Waals surface area contributed by atoms with E-state index in [-0.39, 0.29) is 37.7 Å². The van der Waals surface area contributed by atoms with Gasteiger partial charge in [-0.05, 0) is 26.7 Å². The highest BCUT2D eigenvalue weighted by Crippen LogP contribution is 2.50. The maximum Gasteiger partial charge on any atom is 0.330 e. The van der Waals surface area contributed by atoms with Crippen molar-refractivity contribution in [2.45, 2.75) is 108 Å². The quantitative estimate of drug-likeness (QED) is 0.163. The molecule has 6 heterocycles. The fourth-order valence-electron chi connectivity index (χ4n) is 6.74. The summed E-state index contributed by atoms with van der Waals surface area (Å²) in [5.74, 6) is -0.405. The molecule has 0 spiro atoms. The smallest absolute Gasteiger partial charge is 0.330 e. The van der Waals surface area contributed by atoms with E-state index in [2.05, 4.69) is 20.6 Å². The summed E-state index contributed by atoms with van der Waals surface area (Å²) in [5.41, 5.74) is -3.36. The first-order chi connectivity index (χ1) is 23.2. The number of aryl methyl sites for hydroxylation is 2. The van der Waals surface area contributed by atoms with Crippen molar-refractivity contribution in [1.82, 2.24) is 29.7 Å². The van der Waals surface area contributed by atoms with Crippen molar-refractivity contribution in [3.63, 3.8) is 0 Å². The number of hydrogen-bond donors (Lipinski definition) is 5. The van der Waals surface area contributed by atoms with Crippen LogP contribution in [0.2, 0.25) is 0 Å². The summed E-state index contributed by atoms with van der Waals surface area (Å²) in [6.45, 7) is 8.90. The molecule has 4 aliphatic heterocycles. The number of fused-ring (bicyclic) bond motifs is 4. The zero-order valence-electron chi connectivity index (χ0n) is 27.7. The number of nitrogens with zero attached hydrogens (tertiary/aromatic N) is 3. The summed E-state index contributed by atoms with van der Waals surface area (Å²) in [6.07, 6.45) is 1.08. The molecule has 6 rings (SSSR count). The van der Waals surface area contributed by atoms with Crippen molar-refractivity contribution < 1.29 is 33.2 Å². The highest BCUT2D eigenvalue weighted by Gasteiger charge is 2.61. The molecule has 266 valence electrons. The van der Waals surface area contributed by atoms with Crippen LogP contribution in [0.1, 0.15) is 69.5 Å². The summed E-state index contributed by atoms with van der Waals surface area (Å²) < 4.78 is 26.3. The Morgan fingerprint density at radius 2 is 1.39 bits per heavy atom. The Morgan fingerprint density at radius 1 is 0.898 bits per heavy atom. The molecule has 4 saturated heterocycles. The molecule has 19 heteroatoms. The van der Waals surface area contributed by atoms with Crippen LogP contribution < -0.4 is 33.1 Å². The Balaban J connectivity index is 0.000000199. The lowest BCUT2D eigenvalue weighted by atomic mass is 9.84. The van der Waals surface area contributed by atoms with Crippen LogP contribution in [0.4, 0.5) is 0 Å². The molecule has 4 aliphatic rings. The normalized spacial score (nSPS) is 32.0. The maximum absolute atomic E-state index is 12.4. The molecule has 4 fully saturated rings. The summed E-state index contributed by atoms with van der Waals surface area (Å²) >= 11 is 0. The molecule has 0 aromatic carbocycles. The molecule has 0 radical (unpaired) electrons. The number of nitriles is 1. The van der Waals surface area contributed by atoms with Crippen molar-refractivity contribution in [1.29, 1.82) is 5.26 Å². The van der Waals surface area contributed by atoms with Gasteiger partial charge in [0.1, 0.15) is 35.5 Å². The maximum atomic E-state index is 12.4. The van der Waals surface area contributed by atoms with Crippen LogP contribution >= 0.6 is 8.38 Å². The van der Waals surface area contributed by atoms with Gasteiger partial charge in [0.15, 0.2) is 20.8 Å². The van der Waals surface area contributed by atoms with Crippen LogP contribution in [0.5, 0.6) is 0 Å². The van der Waals surface area contributed by atoms with Gasteiger partial charge in [-0.15, -0.1) is 0 Å². The number of ether oxygens (including phenoxy) is 2. The van der Waals surface area contributed by atoms with E-state index in [1.165, 1.54) is 21.5 Å². The van der Waals surface area contributed by atoms with E-state index in [0.29, 0.717) is 24.0 Å². The van der Waals surface area contributed by atoms with Crippen LogP contribution in [0.25, 0.3) is 0 Å². The summed E-state index contributed by atoms with van der Waals surface area (Å²) in [7, 11) is -1.31. The summed E-state index contributed by atoms with van der Waals surface area (Å²) in [6, 6.07) is 0.676. The lowest BCUT2D eigenvalue weighted by Gasteiger charge is -2.38. The molecule has 5 N–H and O–H groups in total. The van der Waals surface area contributed by atoms with Crippen molar-refractivity contribution in [2.24, 2.45) is 0 Å². The van der Waals surface area contributed by atoms with Gasteiger partial charge in [0.25, 0.3) is 11.1 Å². The van der Waals surface area contributed by atoms with Crippen LogP contribution in [-0.2, 0) is 28.1 Å². The highest BCUT2D eigenvalue weighted by atomic mass is 31.2. The Kier molecular flexibility index (Phi) is 10.4. The van der Waals surface area contributed by atoms with Crippen molar-refractivity contribution >= 4 is 20.2 Å². The molecule has 0 aliphatic carbocycles. The molecule has 2 amide bonds. The van der Waals surface area contributed by atoms with Crippen LogP contribution in [-0.4, -0.2) is 84.8 Å². The third-order valence-corrected chi connectivity index (χ3v) is 10.5. The predicted octanol–water partition coefficient (Wildman–Crippen LogP) is -0.560. The first-order valence-corrected chi connectivity index (χ1v) is 17.5. The Labute approximate surface area is 280 Å². The zero-order chi connectivity index (χ0) is 35.8. The van der Waals surface area contributed by atoms with Crippen molar-refractivity contribution in [2.75, 3.05) is 13.3 Å². The number of hydrogen-bond acceptors (Lipinski definition) is 12. The molecule has 2 aromatic rings. The standard InChI is InChI=1S/C17H23N4O6P.C13H17N3O5/c1-4-17-8-11(22)19-12(13(17)27-28(3)25-7-5-6-18)15(26-17)21-9-10(2)14(23)20-16(21)24;1-3-13-4-7(17)14-8(9(13)18)11(21-13)16-5-6(2)10(19)15-12(16)20/h9,12-13,15H,4-5,7-8H2,1-3H3,(H,19,22)(H,20,23,24);5,8-9,11,18H,3-4H2,1-2H3,(H,14,17)(H,15,19,20)/t12-,13?,15+,17-,28?;8-,9?,11+,13-/m00/s1. The third kappa shape index (κ3) is 6.79. The fourth-order valence-corrected chi connectivity index (χ4v) is 7.79. The fraction of sp³-hybridized carbons (Fsp3) is 0.633. The number of nitrogens with one attached hydrogen (secondary N) is 4. The predicted molar refractivity (Wildman–Crippen MR) is 171 cm³/mol. The Morgan fingerprint density at radius 3 is 1.92 bits per heavy atom. The lowest BCUT2D eigenvalue weighted by Crippen LogP contribution is -2.58. The van der Waals surface area contributed by atoms with Gasteiger partial charge in [-0.2, -0.15) is 5.26 Å². The monoisotopic (exact) mass is 705 g/mol. The van der Waals surface area contributed by atoms with Gasteiger partial charge in [0.05, 0.1) is 31.9 Å². The molecule has 9 atom stereocenters. The van der Waals surface area contributed by atoms with Gasteiger partial charge < -0.3 is 34.3 Å². The number of aliphatic hydroxyl groups excluding tert-OH is 1. The third-order valence-electron chi connectivity index (χ3n) is 9.41. The van der Waals surface area contributed by atoms with Crippen LogP contribution in [0.15, 0.2) is 31.6 Å². The van der Waals surface area contributed by atoms with Gasteiger partial charge in [0.2, 0.25) is 11.8 Å². The SMILES string of the molecule is CC[C@]12CC(=O)N[C@@H](C1O)[C@H](n1cc(C)c(=O)[nH]c1=O)O2.CC[C@]12CC(=O)N[C@@H](C1OP(C)OCCC#N)[C@H](n1cc(C)c(=O)[nH]c1=O)O2. The number of carbonyl (C=O) groups is 2. The van der Waals surface area contributed by atoms with Crippen molar-refractivity contribution in [3.8, 4) is 6.07 Å². The molecule has 18 nitrogen and oxygen atoms in total. The number of piperidine rings is 2. The average molecular weight is 706 g/mol. The van der Waals surface area contributed by atoms with Crippen molar-refractivity contribution in [3.05, 3.63) is 65.2 Å². The molecule has 2 aromatic heterocycles. The summed E-state index contributed by atoms with van der Waals surface area (Å²) in [4.78, 5) is 76.0. The van der Waals surface area contributed by atoms with Crippen LogP contribution in [0.3, 0.4) is 0 Å². The molecule has 3 unspecified atom stereocenters.